The van der Waals surface area contributed by atoms with Gasteiger partial charge in [0.1, 0.15) is 6.61 Å². The predicted octanol–water partition coefficient (Wildman–Crippen LogP) is 3.16. The Morgan fingerprint density at radius 3 is 2.68 bits per heavy atom. The van der Waals surface area contributed by atoms with Crippen molar-refractivity contribution in [1.82, 2.24) is 20.2 Å². The SMILES string of the molecule is Cc1cccc(CNC(=O)Cc2ccc(-c3cnc(OCCN4CCOCC4)nc3F)cc2)c1. The molecule has 0 bridgehead atoms. The van der Waals surface area contributed by atoms with Gasteiger partial charge in [-0.15, -0.1) is 0 Å². The van der Waals surface area contributed by atoms with Crippen LogP contribution in [0.4, 0.5) is 4.39 Å². The van der Waals surface area contributed by atoms with E-state index in [-0.39, 0.29) is 23.9 Å². The van der Waals surface area contributed by atoms with Gasteiger partial charge in [-0.2, -0.15) is 9.37 Å². The first-order valence-electron chi connectivity index (χ1n) is 11.4. The number of carbonyl (C=O) groups is 1. The lowest BCUT2D eigenvalue weighted by Crippen LogP contribution is -2.38. The van der Waals surface area contributed by atoms with Crippen LogP contribution in [0.1, 0.15) is 16.7 Å². The van der Waals surface area contributed by atoms with Gasteiger partial charge in [-0.05, 0) is 23.6 Å². The van der Waals surface area contributed by atoms with Crippen LogP contribution in [0.2, 0.25) is 0 Å². The highest BCUT2D eigenvalue weighted by Crippen LogP contribution is 2.23. The second-order valence-electron chi connectivity index (χ2n) is 8.30. The summed E-state index contributed by atoms with van der Waals surface area (Å²) >= 11 is 0. The molecule has 1 N–H and O–H groups in total. The molecule has 2 aromatic carbocycles. The van der Waals surface area contributed by atoms with E-state index >= 15 is 0 Å². The molecule has 8 heteroatoms. The maximum absolute atomic E-state index is 14.6. The van der Waals surface area contributed by atoms with Crippen molar-refractivity contribution < 1.29 is 18.7 Å². The Bertz CT molecular complexity index is 1100. The minimum atomic E-state index is -0.639. The van der Waals surface area contributed by atoms with Crippen LogP contribution >= 0.6 is 0 Å². The van der Waals surface area contributed by atoms with Crippen molar-refractivity contribution in [2.45, 2.75) is 19.9 Å². The average Bonchev–Trinajstić information content (AvgIpc) is 2.84. The highest BCUT2D eigenvalue weighted by molar-refractivity contribution is 5.78. The number of benzene rings is 2. The van der Waals surface area contributed by atoms with Crippen LogP contribution < -0.4 is 10.1 Å². The van der Waals surface area contributed by atoms with Crippen molar-refractivity contribution in [2.24, 2.45) is 0 Å². The standard InChI is InChI=1S/C26H29FN4O3/c1-19-3-2-4-21(15-19)17-28-24(32)16-20-5-7-22(8-6-20)23-18-29-26(30-25(23)27)34-14-11-31-9-12-33-13-10-31/h2-8,15,18H,9-14,16-17H2,1H3,(H,28,32). The fraction of sp³-hybridized carbons (Fsp3) is 0.346. The molecule has 7 nitrogen and oxygen atoms in total. The molecule has 4 rings (SSSR count). The monoisotopic (exact) mass is 464 g/mol. The third-order valence-electron chi connectivity index (χ3n) is 5.66. The zero-order valence-electron chi connectivity index (χ0n) is 19.3. The molecule has 2 heterocycles. The highest BCUT2D eigenvalue weighted by Gasteiger charge is 2.13. The van der Waals surface area contributed by atoms with Gasteiger partial charge >= 0.3 is 6.01 Å². The number of hydrogen-bond donors (Lipinski definition) is 1. The molecule has 0 radical (unpaired) electrons. The second kappa shape index (κ2) is 11.7. The molecule has 34 heavy (non-hydrogen) atoms. The van der Waals surface area contributed by atoms with Crippen LogP contribution in [0.3, 0.4) is 0 Å². The van der Waals surface area contributed by atoms with Crippen LogP contribution in [0.15, 0.2) is 54.7 Å². The lowest BCUT2D eigenvalue weighted by atomic mass is 10.0. The first-order chi connectivity index (χ1) is 16.6. The Morgan fingerprint density at radius 1 is 1.15 bits per heavy atom. The summed E-state index contributed by atoms with van der Waals surface area (Å²) in [6, 6.07) is 15.2. The number of rotatable bonds is 9. The molecule has 3 aromatic rings. The van der Waals surface area contributed by atoms with Crippen molar-refractivity contribution in [3.63, 3.8) is 0 Å². The number of morpholine rings is 1. The van der Waals surface area contributed by atoms with Crippen molar-refractivity contribution in [3.05, 3.63) is 77.4 Å². The molecule has 1 aliphatic heterocycles. The Kier molecular flexibility index (Phi) is 8.17. The van der Waals surface area contributed by atoms with Gasteiger partial charge in [-0.3, -0.25) is 9.69 Å². The molecular weight excluding hydrogens is 435 g/mol. The molecule has 1 aliphatic rings. The Morgan fingerprint density at radius 2 is 1.94 bits per heavy atom. The molecule has 0 saturated carbocycles. The second-order valence-corrected chi connectivity index (χ2v) is 8.30. The zero-order valence-corrected chi connectivity index (χ0v) is 19.3. The summed E-state index contributed by atoms with van der Waals surface area (Å²) in [5.74, 6) is -0.706. The van der Waals surface area contributed by atoms with Crippen LogP contribution in [0.5, 0.6) is 6.01 Å². The van der Waals surface area contributed by atoms with E-state index in [0.29, 0.717) is 18.7 Å². The number of aromatic nitrogens is 2. The summed E-state index contributed by atoms with van der Waals surface area (Å²) in [6.07, 6.45) is 1.68. The lowest BCUT2D eigenvalue weighted by molar-refractivity contribution is -0.120. The van der Waals surface area contributed by atoms with E-state index in [1.54, 1.807) is 12.1 Å². The van der Waals surface area contributed by atoms with Gasteiger partial charge in [0.15, 0.2) is 0 Å². The number of ether oxygens (including phenoxy) is 2. The van der Waals surface area contributed by atoms with Crippen molar-refractivity contribution in [1.29, 1.82) is 0 Å². The van der Waals surface area contributed by atoms with E-state index in [9.17, 15) is 9.18 Å². The van der Waals surface area contributed by atoms with Gasteiger partial charge in [-0.1, -0.05) is 54.1 Å². The quantitative estimate of drug-likeness (QED) is 0.491. The summed E-state index contributed by atoms with van der Waals surface area (Å²) in [7, 11) is 0. The van der Waals surface area contributed by atoms with E-state index < -0.39 is 5.95 Å². The van der Waals surface area contributed by atoms with Crippen molar-refractivity contribution in [3.8, 4) is 17.1 Å². The Labute approximate surface area is 198 Å². The number of nitrogens with one attached hydrogen (secondary N) is 1. The smallest absolute Gasteiger partial charge is 0.319 e. The number of aryl methyl sites for hydroxylation is 1. The molecule has 0 unspecified atom stereocenters. The predicted molar refractivity (Wildman–Crippen MR) is 127 cm³/mol. The van der Waals surface area contributed by atoms with E-state index in [1.165, 1.54) is 6.20 Å². The summed E-state index contributed by atoms with van der Waals surface area (Å²) in [5.41, 5.74) is 3.99. The van der Waals surface area contributed by atoms with Gasteiger partial charge in [0.25, 0.3) is 0 Å². The number of hydrogen-bond acceptors (Lipinski definition) is 6. The molecule has 0 spiro atoms. The molecule has 1 amide bonds. The summed E-state index contributed by atoms with van der Waals surface area (Å²) in [4.78, 5) is 22.5. The van der Waals surface area contributed by atoms with E-state index in [2.05, 4.69) is 20.2 Å². The van der Waals surface area contributed by atoms with E-state index in [0.717, 1.165) is 49.5 Å². The molecular formula is C26H29FN4O3. The van der Waals surface area contributed by atoms with Gasteiger partial charge in [0.2, 0.25) is 11.9 Å². The van der Waals surface area contributed by atoms with E-state index in [4.69, 9.17) is 9.47 Å². The molecule has 0 atom stereocenters. The number of carbonyl (C=O) groups excluding carboxylic acids is 1. The molecule has 178 valence electrons. The van der Waals surface area contributed by atoms with Gasteiger partial charge < -0.3 is 14.8 Å². The van der Waals surface area contributed by atoms with Crippen LogP contribution in [0, 0.1) is 12.9 Å². The fourth-order valence-corrected chi connectivity index (χ4v) is 3.77. The largest absolute Gasteiger partial charge is 0.462 e. The van der Waals surface area contributed by atoms with Gasteiger partial charge in [-0.25, -0.2) is 4.98 Å². The van der Waals surface area contributed by atoms with Gasteiger partial charge in [0.05, 0.1) is 25.2 Å². The number of nitrogens with zero attached hydrogens (tertiary/aromatic N) is 3. The number of halogens is 1. The maximum atomic E-state index is 14.6. The minimum Gasteiger partial charge on any atom is -0.462 e. The fourth-order valence-electron chi connectivity index (χ4n) is 3.77. The summed E-state index contributed by atoms with van der Waals surface area (Å²) in [6.45, 7) is 6.78. The first-order valence-corrected chi connectivity index (χ1v) is 11.4. The normalized spacial score (nSPS) is 14.1. The Balaban J connectivity index is 1.28. The average molecular weight is 465 g/mol. The summed E-state index contributed by atoms with van der Waals surface area (Å²) in [5, 5.41) is 2.93. The first kappa shape index (κ1) is 23.8. The highest BCUT2D eigenvalue weighted by atomic mass is 19.1. The molecule has 1 fully saturated rings. The number of amides is 1. The molecule has 1 saturated heterocycles. The third-order valence-corrected chi connectivity index (χ3v) is 5.66. The maximum Gasteiger partial charge on any atom is 0.319 e. The zero-order chi connectivity index (χ0) is 23.8. The van der Waals surface area contributed by atoms with Crippen LogP contribution in [-0.2, 0) is 22.5 Å². The van der Waals surface area contributed by atoms with Crippen molar-refractivity contribution >= 4 is 5.91 Å². The van der Waals surface area contributed by atoms with Gasteiger partial charge in [0, 0.05) is 32.4 Å². The molecule has 0 aliphatic carbocycles. The van der Waals surface area contributed by atoms with E-state index in [1.807, 2.05) is 43.3 Å². The molecule has 1 aromatic heterocycles. The van der Waals surface area contributed by atoms with Crippen LogP contribution in [-0.4, -0.2) is 60.2 Å². The van der Waals surface area contributed by atoms with Crippen LogP contribution in [0.25, 0.3) is 11.1 Å². The third kappa shape index (κ3) is 6.82. The van der Waals surface area contributed by atoms with Crippen molar-refractivity contribution in [2.75, 3.05) is 39.5 Å². The minimum absolute atomic E-state index is 0.0245. The lowest BCUT2D eigenvalue weighted by Gasteiger charge is -2.26. The summed E-state index contributed by atoms with van der Waals surface area (Å²) < 4.78 is 25.4. The topological polar surface area (TPSA) is 76.6 Å². The Hall–Kier alpha value is -3.36.